The van der Waals surface area contributed by atoms with Crippen molar-refractivity contribution in [3.05, 3.63) is 125 Å². The van der Waals surface area contributed by atoms with E-state index in [2.05, 4.69) is 38.2 Å². The first-order chi connectivity index (χ1) is 21.8. The number of para-hydroxylation sites is 1. The minimum Gasteiger partial charge on any atom is -0.748 e. The number of benzene rings is 4. The minimum absolute atomic E-state index is 0. The van der Waals surface area contributed by atoms with Crippen LogP contribution < -0.4 is 39.8 Å². The maximum absolute atomic E-state index is 14.1. The van der Waals surface area contributed by atoms with E-state index in [4.69, 9.17) is 4.42 Å². The van der Waals surface area contributed by atoms with Crippen molar-refractivity contribution in [1.82, 2.24) is 5.32 Å². The van der Waals surface area contributed by atoms with E-state index in [-0.39, 0.29) is 47.4 Å². The van der Waals surface area contributed by atoms with Crippen LogP contribution in [0.15, 0.2) is 108 Å². The van der Waals surface area contributed by atoms with Crippen LogP contribution in [0.2, 0.25) is 0 Å². The number of carbonyl (C=O) groups is 2. The van der Waals surface area contributed by atoms with Gasteiger partial charge in [0.25, 0.3) is 5.91 Å². The van der Waals surface area contributed by atoms with Gasteiger partial charge in [0.05, 0.1) is 21.8 Å². The Labute approximate surface area is 298 Å². The van der Waals surface area contributed by atoms with Gasteiger partial charge in [0.1, 0.15) is 11.3 Å². The summed E-state index contributed by atoms with van der Waals surface area (Å²) in [6.07, 6.45) is 0.394. The molecule has 1 heterocycles. The number of amides is 2. The second-order valence-electron chi connectivity index (χ2n) is 12.4. The topological polar surface area (TPSA) is 120 Å². The third-order valence-corrected chi connectivity index (χ3v) is 8.77. The number of likely N-dealkylation sites (N-methyl/N-ethyl adjacent to an activating group) is 1. The SMILES string of the molecule is CN(C(=O)C(Cc1ccc(C(=O)NCCS(=O)(=O)[O-])cc1)c1ccc(C(C)(C)C)cc1)c1ccc(-c2cc3ccccc3o2)cc1.[Na+]. The summed E-state index contributed by atoms with van der Waals surface area (Å²) in [5, 5.41) is 3.47. The van der Waals surface area contributed by atoms with Crippen LogP contribution in [-0.2, 0) is 26.7 Å². The zero-order valence-electron chi connectivity index (χ0n) is 27.3. The van der Waals surface area contributed by atoms with Gasteiger partial charge < -0.3 is 19.2 Å². The molecule has 5 aromatic rings. The summed E-state index contributed by atoms with van der Waals surface area (Å²) in [4.78, 5) is 28.2. The van der Waals surface area contributed by atoms with Crippen molar-refractivity contribution >= 4 is 38.6 Å². The summed E-state index contributed by atoms with van der Waals surface area (Å²) in [5.74, 6) is -0.987. The molecule has 1 aromatic heterocycles. The smallest absolute Gasteiger partial charge is 0.748 e. The average molecular weight is 661 g/mol. The minimum atomic E-state index is -4.42. The number of nitrogens with one attached hydrogen (secondary N) is 1. The third-order valence-electron chi connectivity index (χ3n) is 8.07. The first-order valence-corrected chi connectivity index (χ1v) is 16.6. The first kappa shape index (κ1) is 36.1. The molecule has 0 fully saturated rings. The van der Waals surface area contributed by atoms with Gasteiger partial charge in [-0.05, 0) is 77.1 Å². The van der Waals surface area contributed by atoms with Crippen molar-refractivity contribution in [1.29, 1.82) is 0 Å². The molecule has 0 saturated carbocycles. The summed E-state index contributed by atoms with van der Waals surface area (Å²) in [6, 6.07) is 32.5. The summed E-state index contributed by atoms with van der Waals surface area (Å²) < 4.78 is 38.5. The molecular formula is C37H37N2NaO6S. The molecule has 5 rings (SSSR count). The molecule has 1 N–H and O–H groups in total. The summed E-state index contributed by atoms with van der Waals surface area (Å²) in [5.41, 5.74) is 5.66. The number of carbonyl (C=O) groups excluding carboxylic acids is 2. The molecule has 0 bridgehead atoms. The zero-order valence-corrected chi connectivity index (χ0v) is 30.1. The molecule has 238 valence electrons. The van der Waals surface area contributed by atoms with E-state index in [1.54, 1.807) is 36.2 Å². The second-order valence-corrected chi connectivity index (χ2v) is 14.0. The number of furan rings is 1. The standard InChI is InChI=1S/C37H38N2O6S.Na/c1-37(2,3)30-17-13-26(14-18-30)32(23-25-9-11-28(12-10-25)35(40)38-21-22-46(42,43)44)36(41)39(4)31-19-15-27(16-20-31)34-24-29-7-5-6-8-33(29)45-34;/h5-20,24,32H,21-23H2,1-4H3,(H,38,40)(H,42,43,44);/q;+1/p-1. The number of anilines is 1. The molecular weight excluding hydrogens is 623 g/mol. The maximum Gasteiger partial charge on any atom is 1.00 e. The van der Waals surface area contributed by atoms with Gasteiger partial charge in [0.15, 0.2) is 0 Å². The Morgan fingerprint density at radius 3 is 2.13 bits per heavy atom. The molecule has 1 atom stereocenters. The first-order valence-electron chi connectivity index (χ1n) is 15.1. The Hall–Kier alpha value is -3.73. The van der Waals surface area contributed by atoms with E-state index < -0.39 is 27.7 Å². The summed E-state index contributed by atoms with van der Waals surface area (Å²) in [6.45, 7) is 6.17. The number of rotatable bonds is 10. The van der Waals surface area contributed by atoms with Crippen molar-refractivity contribution in [3.63, 3.8) is 0 Å². The molecule has 0 aliphatic heterocycles. The molecule has 0 spiro atoms. The van der Waals surface area contributed by atoms with E-state index in [1.165, 1.54) is 0 Å². The number of nitrogens with zero attached hydrogens (tertiary/aromatic N) is 1. The average Bonchev–Trinajstić information content (AvgIpc) is 3.47. The molecule has 47 heavy (non-hydrogen) atoms. The number of hydrogen-bond acceptors (Lipinski definition) is 6. The molecule has 4 aromatic carbocycles. The van der Waals surface area contributed by atoms with Crippen LogP contribution in [0.5, 0.6) is 0 Å². The van der Waals surface area contributed by atoms with Gasteiger partial charge in [0.2, 0.25) is 5.91 Å². The monoisotopic (exact) mass is 660 g/mol. The van der Waals surface area contributed by atoms with E-state index >= 15 is 0 Å². The predicted molar refractivity (Wildman–Crippen MR) is 180 cm³/mol. The maximum atomic E-state index is 14.1. The Balaban J connectivity index is 0.00000500. The van der Waals surface area contributed by atoms with Gasteiger partial charge in [-0.2, -0.15) is 0 Å². The van der Waals surface area contributed by atoms with Gasteiger partial charge in [-0.1, -0.05) is 75.4 Å². The largest absolute Gasteiger partial charge is 1.00 e. The number of fused-ring (bicyclic) bond motifs is 1. The van der Waals surface area contributed by atoms with Gasteiger partial charge in [0, 0.05) is 35.8 Å². The summed E-state index contributed by atoms with van der Waals surface area (Å²) in [7, 11) is -2.65. The molecule has 0 radical (unpaired) electrons. The van der Waals surface area contributed by atoms with Gasteiger partial charge in [-0.25, -0.2) is 8.42 Å². The fraction of sp³-hybridized carbons (Fsp3) is 0.243. The molecule has 0 aliphatic rings. The van der Waals surface area contributed by atoms with Gasteiger partial charge in [-0.3, -0.25) is 9.59 Å². The zero-order chi connectivity index (χ0) is 33.1. The van der Waals surface area contributed by atoms with Crippen molar-refractivity contribution < 1.29 is 56.5 Å². The third kappa shape index (κ3) is 9.21. The van der Waals surface area contributed by atoms with Crippen molar-refractivity contribution in [2.75, 3.05) is 24.2 Å². The molecule has 0 saturated heterocycles. The predicted octanol–water partition coefficient (Wildman–Crippen LogP) is 3.67. The van der Waals surface area contributed by atoms with Crippen molar-refractivity contribution in [2.24, 2.45) is 0 Å². The van der Waals surface area contributed by atoms with E-state index in [9.17, 15) is 22.6 Å². The molecule has 2 amide bonds. The Kier molecular flexibility index (Phi) is 11.5. The van der Waals surface area contributed by atoms with E-state index in [1.807, 2.05) is 66.7 Å². The molecule has 8 nitrogen and oxygen atoms in total. The van der Waals surface area contributed by atoms with Crippen LogP contribution in [0.25, 0.3) is 22.3 Å². The summed E-state index contributed by atoms with van der Waals surface area (Å²) >= 11 is 0. The van der Waals surface area contributed by atoms with E-state index in [0.29, 0.717) is 12.0 Å². The van der Waals surface area contributed by atoms with Crippen LogP contribution >= 0.6 is 0 Å². The Morgan fingerprint density at radius 1 is 0.894 bits per heavy atom. The molecule has 10 heteroatoms. The van der Waals surface area contributed by atoms with Gasteiger partial charge in [-0.15, -0.1) is 0 Å². The Morgan fingerprint density at radius 2 is 1.53 bits per heavy atom. The number of hydrogen-bond donors (Lipinski definition) is 1. The second kappa shape index (κ2) is 15.0. The van der Waals surface area contributed by atoms with Crippen LogP contribution in [-0.4, -0.2) is 44.1 Å². The molecule has 1 unspecified atom stereocenters. The fourth-order valence-corrected chi connectivity index (χ4v) is 5.67. The molecule has 0 aliphatic carbocycles. The van der Waals surface area contributed by atoms with Crippen molar-refractivity contribution in [2.45, 2.75) is 38.5 Å². The van der Waals surface area contributed by atoms with Crippen LogP contribution in [0.3, 0.4) is 0 Å². The van der Waals surface area contributed by atoms with Crippen molar-refractivity contribution in [3.8, 4) is 11.3 Å². The normalized spacial score (nSPS) is 12.3. The van der Waals surface area contributed by atoms with Gasteiger partial charge >= 0.3 is 29.6 Å². The fourth-order valence-electron chi connectivity index (χ4n) is 5.32. The van der Waals surface area contributed by atoms with Crippen LogP contribution in [0, 0.1) is 0 Å². The quantitative estimate of drug-likeness (QED) is 0.180. The Bertz CT molecular complexity index is 1910. The van der Waals surface area contributed by atoms with E-state index in [0.717, 1.165) is 44.7 Å². The van der Waals surface area contributed by atoms with Crippen LogP contribution in [0.4, 0.5) is 5.69 Å². The van der Waals surface area contributed by atoms with Crippen LogP contribution in [0.1, 0.15) is 53.7 Å².